The van der Waals surface area contributed by atoms with Crippen molar-refractivity contribution in [2.24, 2.45) is 5.73 Å². The number of phenolic OH excluding ortho intramolecular Hbond substituents is 1. The number of carbonyl (C=O) groups excluding carboxylic acids is 6. The molecule has 4 rings (SSSR count). The number of rotatable bonds is 20. The number of fused-ring (bicyclic) bond motifs is 1. The van der Waals surface area contributed by atoms with Crippen molar-refractivity contribution in [3.05, 3.63) is 108 Å². The lowest BCUT2D eigenvalue weighted by Gasteiger charge is -2.31. The van der Waals surface area contributed by atoms with Gasteiger partial charge in [-0.2, -0.15) is 0 Å². The van der Waals surface area contributed by atoms with Crippen molar-refractivity contribution in [3.63, 3.8) is 0 Å². The molecule has 17 nitrogen and oxygen atoms in total. The average Bonchev–Trinajstić information content (AvgIpc) is 3.63. The van der Waals surface area contributed by atoms with E-state index in [2.05, 4.69) is 26.3 Å². The van der Waals surface area contributed by atoms with Crippen LogP contribution < -0.4 is 27.0 Å². The van der Waals surface area contributed by atoms with Crippen molar-refractivity contribution >= 4 is 58.6 Å². The molecule has 0 saturated carbocycles. The van der Waals surface area contributed by atoms with Crippen LogP contribution >= 0.6 is 0 Å². The number of carboxylic acids is 1. The molecule has 4 unspecified atom stereocenters. The zero-order valence-electron chi connectivity index (χ0n) is 35.2. The molecule has 0 bridgehead atoms. The maximum Gasteiger partial charge on any atom is 0.408 e. The number of amides is 6. The first-order valence-electron chi connectivity index (χ1n) is 20.2. The molecule has 4 aromatic rings. The van der Waals surface area contributed by atoms with Crippen molar-refractivity contribution in [2.45, 2.75) is 89.1 Å². The predicted octanol–water partition coefficient (Wildman–Crippen LogP) is 3.31. The van der Waals surface area contributed by atoms with Crippen LogP contribution in [0, 0.1) is 0 Å². The molecule has 3 aromatic carbocycles. The monoisotopic (exact) mass is 853 g/mol. The maximum absolute atomic E-state index is 14.8. The van der Waals surface area contributed by atoms with Gasteiger partial charge in [-0.05, 0) is 94.5 Å². The summed E-state index contributed by atoms with van der Waals surface area (Å²) < 4.78 is 5.45. The highest BCUT2D eigenvalue weighted by atomic mass is 16.6. The van der Waals surface area contributed by atoms with Gasteiger partial charge in [0.05, 0.1) is 18.5 Å². The Bertz CT molecular complexity index is 2220. The van der Waals surface area contributed by atoms with Crippen LogP contribution in [0.3, 0.4) is 0 Å². The number of phenols is 1. The fourth-order valence-electron chi connectivity index (χ4n) is 6.43. The number of aromatic nitrogens is 1. The number of likely N-dealkylation sites (N-methyl/N-ethyl adjacent to an activating group) is 1. The smallest absolute Gasteiger partial charge is 0.408 e. The summed E-state index contributed by atoms with van der Waals surface area (Å²) >= 11 is 0. The van der Waals surface area contributed by atoms with Crippen LogP contribution in [0.1, 0.15) is 63.1 Å². The van der Waals surface area contributed by atoms with Gasteiger partial charge >= 0.3 is 12.1 Å². The predicted molar refractivity (Wildman–Crippen MR) is 231 cm³/mol. The van der Waals surface area contributed by atoms with Gasteiger partial charge in [-0.15, -0.1) is 0 Å². The lowest BCUT2D eigenvalue weighted by molar-refractivity contribution is -0.159. The number of ether oxygens (including phenoxy) is 1. The van der Waals surface area contributed by atoms with E-state index < -0.39 is 71.9 Å². The Kier molecular flexibility index (Phi) is 17.5. The summed E-state index contributed by atoms with van der Waals surface area (Å²) in [6.45, 7) is 5.10. The number of alkyl carbamates (subject to hydrolysis) is 1. The van der Waals surface area contributed by atoms with E-state index in [-0.39, 0.29) is 37.5 Å². The molecule has 0 saturated heterocycles. The Labute approximate surface area is 359 Å². The molecular formula is C45H55N7O10. The summed E-state index contributed by atoms with van der Waals surface area (Å²) in [6.07, 6.45) is 3.14. The first-order chi connectivity index (χ1) is 29.4. The number of H-pyrrole nitrogens is 1. The van der Waals surface area contributed by atoms with Crippen molar-refractivity contribution < 1.29 is 48.5 Å². The number of aromatic amines is 1. The van der Waals surface area contributed by atoms with Gasteiger partial charge in [0.1, 0.15) is 23.4 Å². The summed E-state index contributed by atoms with van der Waals surface area (Å²) in [4.78, 5) is 98.4. The van der Waals surface area contributed by atoms with Crippen molar-refractivity contribution in [1.82, 2.24) is 31.2 Å². The third-order valence-corrected chi connectivity index (χ3v) is 9.57. The first kappa shape index (κ1) is 47.8. The third kappa shape index (κ3) is 14.7. The van der Waals surface area contributed by atoms with Crippen LogP contribution in [-0.4, -0.2) is 105 Å². The second kappa shape index (κ2) is 22.7. The third-order valence-electron chi connectivity index (χ3n) is 9.57. The van der Waals surface area contributed by atoms with Gasteiger partial charge in [0.15, 0.2) is 0 Å². The standard InChI is InChI=1S/C45H55N7O10/c1-45(2,3)62-44(61)51-36(25-30-27-49-34-16-9-8-14-32(30)34)42(59)52(41(58)35(47-4)24-29-12-6-5-7-13-29)43(60)37(26-39(55)56)50-40(57)33(46)15-10-11-23-48-38(54)22-19-28-17-20-31(53)21-18-28/h5-9,12-14,16-22,27,33,35-37,47,49,53H,10-11,15,23-26,46H2,1-4H3,(H,48,54)(H,50,57)(H,51,61)(H,55,56). The van der Waals surface area contributed by atoms with Crippen LogP contribution in [0.2, 0.25) is 0 Å². The number of carbonyl (C=O) groups is 7. The number of hydrogen-bond acceptors (Lipinski definition) is 11. The van der Waals surface area contributed by atoms with E-state index in [1.807, 2.05) is 0 Å². The second-order valence-electron chi connectivity index (χ2n) is 15.6. The number of imide groups is 3. The Hall–Kier alpha value is -6.85. The number of nitrogens with two attached hydrogens (primary N) is 1. The second-order valence-corrected chi connectivity index (χ2v) is 15.6. The lowest BCUT2D eigenvalue weighted by Crippen LogP contribution is -2.62. The minimum atomic E-state index is -1.94. The normalized spacial score (nSPS) is 13.4. The summed E-state index contributed by atoms with van der Waals surface area (Å²) in [5, 5.41) is 30.4. The highest BCUT2D eigenvalue weighted by Gasteiger charge is 2.42. The Balaban J connectivity index is 1.56. The molecule has 0 spiro atoms. The molecule has 0 fully saturated rings. The molecule has 9 N–H and O–H groups in total. The first-order valence-corrected chi connectivity index (χ1v) is 20.2. The number of hydrogen-bond donors (Lipinski definition) is 8. The van der Waals surface area contributed by atoms with Gasteiger partial charge in [-0.3, -0.25) is 28.8 Å². The van der Waals surface area contributed by atoms with Gasteiger partial charge in [-0.25, -0.2) is 9.69 Å². The number of nitrogens with zero attached hydrogens (tertiary/aromatic N) is 1. The molecule has 6 amide bonds. The van der Waals surface area contributed by atoms with Crippen molar-refractivity contribution in [3.8, 4) is 5.75 Å². The number of aromatic hydroxyl groups is 1. The van der Waals surface area contributed by atoms with Gasteiger partial charge in [0, 0.05) is 36.1 Å². The fraction of sp³-hybridized carbons (Fsp3) is 0.356. The SMILES string of the molecule is CNC(Cc1ccccc1)C(=O)N(C(=O)C(Cc1c[nH]c2ccccc12)NC(=O)OC(C)(C)C)C(=O)C(CC(=O)O)NC(=O)C(N)CCCCNC(=O)C=Cc1ccc(O)cc1. The van der Waals surface area contributed by atoms with Crippen molar-refractivity contribution in [2.75, 3.05) is 13.6 Å². The molecule has 1 heterocycles. The molecule has 330 valence electrons. The minimum absolute atomic E-state index is 0.00975. The number of benzene rings is 3. The molecule has 0 aliphatic heterocycles. The quantitative estimate of drug-likeness (QED) is 0.0471. The van der Waals surface area contributed by atoms with E-state index in [0.717, 1.165) is 5.52 Å². The summed E-state index contributed by atoms with van der Waals surface area (Å²) in [6, 6.07) is 16.2. The number of para-hydroxylation sites is 1. The summed E-state index contributed by atoms with van der Waals surface area (Å²) in [5.74, 6) is -6.31. The molecule has 4 atom stereocenters. The zero-order chi connectivity index (χ0) is 45.4. The maximum atomic E-state index is 14.8. The topological polar surface area (TPSA) is 262 Å². The largest absolute Gasteiger partial charge is 0.508 e. The number of carboxylic acid groups (broad SMARTS) is 1. The average molecular weight is 854 g/mol. The van der Waals surface area contributed by atoms with Crippen LogP contribution in [0.15, 0.2) is 91.1 Å². The molecule has 0 aliphatic rings. The zero-order valence-corrected chi connectivity index (χ0v) is 35.2. The summed E-state index contributed by atoms with van der Waals surface area (Å²) in [5.41, 5.74) is 7.84. The highest BCUT2D eigenvalue weighted by Crippen LogP contribution is 2.21. The van der Waals surface area contributed by atoms with Crippen LogP contribution in [0.5, 0.6) is 5.75 Å². The van der Waals surface area contributed by atoms with Gasteiger partial charge in [0.2, 0.25) is 11.8 Å². The van der Waals surface area contributed by atoms with E-state index in [0.29, 0.717) is 39.8 Å². The van der Waals surface area contributed by atoms with Crippen molar-refractivity contribution in [1.29, 1.82) is 0 Å². The van der Waals surface area contributed by atoms with Crippen LogP contribution in [0.25, 0.3) is 17.0 Å². The van der Waals surface area contributed by atoms with E-state index in [4.69, 9.17) is 10.5 Å². The molecule has 0 aliphatic carbocycles. The van der Waals surface area contributed by atoms with Crippen LogP contribution in [-0.2, 0) is 46.3 Å². The van der Waals surface area contributed by atoms with Gasteiger partial charge in [-0.1, -0.05) is 60.7 Å². The molecule has 62 heavy (non-hydrogen) atoms. The lowest BCUT2D eigenvalue weighted by atomic mass is 10.0. The number of nitrogens with one attached hydrogen (secondary N) is 5. The van der Waals surface area contributed by atoms with Gasteiger partial charge in [0.25, 0.3) is 17.7 Å². The minimum Gasteiger partial charge on any atom is -0.508 e. The van der Waals surface area contributed by atoms with Crippen LogP contribution in [0.4, 0.5) is 4.79 Å². The Morgan fingerprint density at radius 2 is 1.47 bits per heavy atom. The van der Waals surface area contributed by atoms with E-state index in [9.17, 15) is 43.8 Å². The Morgan fingerprint density at radius 3 is 2.13 bits per heavy atom. The molecule has 17 heteroatoms. The van der Waals surface area contributed by atoms with E-state index >= 15 is 0 Å². The van der Waals surface area contributed by atoms with Gasteiger partial charge < -0.3 is 46.9 Å². The number of unbranched alkanes of at least 4 members (excludes halogenated alkanes) is 1. The fourth-order valence-corrected chi connectivity index (χ4v) is 6.43. The van der Waals surface area contributed by atoms with E-state index in [1.54, 1.807) is 99.8 Å². The molecular weight excluding hydrogens is 799 g/mol. The molecule has 0 radical (unpaired) electrons. The highest BCUT2D eigenvalue weighted by molar-refractivity contribution is 6.16. The number of aliphatic carboxylic acids is 1. The molecule has 1 aromatic heterocycles. The Morgan fingerprint density at radius 1 is 0.823 bits per heavy atom. The summed E-state index contributed by atoms with van der Waals surface area (Å²) in [7, 11) is 1.45. The van der Waals surface area contributed by atoms with E-state index in [1.165, 1.54) is 25.3 Å².